The second kappa shape index (κ2) is 8.39. The first-order chi connectivity index (χ1) is 12.2. The maximum atomic E-state index is 4.54. The van der Waals surface area contributed by atoms with E-state index in [0.717, 1.165) is 31.7 Å². The molecule has 1 aliphatic rings. The highest BCUT2D eigenvalue weighted by molar-refractivity contribution is 5.79. The molecule has 1 aliphatic heterocycles. The predicted octanol–water partition coefficient (Wildman–Crippen LogP) is 1.55. The van der Waals surface area contributed by atoms with Crippen LogP contribution in [0.3, 0.4) is 0 Å². The summed E-state index contributed by atoms with van der Waals surface area (Å²) in [6.07, 6.45) is 1.74. The molecule has 132 valence electrons. The van der Waals surface area contributed by atoms with Crippen molar-refractivity contribution in [3.05, 3.63) is 35.9 Å². The van der Waals surface area contributed by atoms with Crippen LogP contribution in [0.4, 0.5) is 17.8 Å². The lowest BCUT2D eigenvalue weighted by molar-refractivity contribution is 0.579. The molecule has 0 spiro atoms. The van der Waals surface area contributed by atoms with Crippen LogP contribution >= 0.6 is 0 Å². The maximum Gasteiger partial charge on any atom is 0.250 e. The number of hydrazone groups is 1. The molecule has 3 N–H and O–H groups in total. The van der Waals surface area contributed by atoms with E-state index in [0.29, 0.717) is 17.8 Å². The molecular formula is C17H24N8. The molecule has 0 atom stereocenters. The lowest BCUT2D eigenvalue weighted by Gasteiger charge is -2.27. The Morgan fingerprint density at radius 1 is 1.08 bits per heavy atom. The average molecular weight is 340 g/mol. The van der Waals surface area contributed by atoms with Crippen molar-refractivity contribution in [1.82, 2.24) is 20.3 Å². The molecule has 1 saturated heterocycles. The smallest absolute Gasteiger partial charge is 0.250 e. The van der Waals surface area contributed by atoms with Gasteiger partial charge in [0.25, 0.3) is 0 Å². The first-order valence-corrected chi connectivity index (χ1v) is 8.53. The third-order valence-corrected chi connectivity index (χ3v) is 3.62. The summed E-state index contributed by atoms with van der Waals surface area (Å²) in [6, 6.07) is 10.1. The van der Waals surface area contributed by atoms with Gasteiger partial charge >= 0.3 is 0 Å². The minimum absolute atomic E-state index is 0.235. The van der Waals surface area contributed by atoms with Crippen LogP contribution in [0, 0.1) is 0 Å². The van der Waals surface area contributed by atoms with Gasteiger partial charge in [0.15, 0.2) is 0 Å². The van der Waals surface area contributed by atoms with Gasteiger partial charge in [-0.1, -0.05) is 30.3 Å². The van der Waals surface area contributed by atoms with E-state index in [4.69, 9.17) is 0 Å². The Hall–Kier alpha value is -2.74. The Labute approximate surface area is 147 Å². The summed E-state index contributed by atoms with van der Waals surface area (Å²) in [6.45, 7) is 7.70. The van der Waals surface area contributed by atoms with Gasteiger partial charge in [0.05, 0.1) is 6.21 Å². The van der Waals surface area contributed by atoms with Gasteiger partial charge in [-0.15, -0.1) is 0 Å². The number of aromatic nitrogens is 3. The molecule has 0 bridgehead atoms. The van der Waals surface area contributed by atoms with Gasteiger partial charge in [0.2, 0.25) is 17.8 Å². The van der Waals surface area contributed by atoms with Gasteiger partial charge < -0.3 is 15.5 Å². The van der Waals surface area contributed by atoms with Crippen LogP contribution in [0.5, 0.6) is 0 Å². The van der Waals surface area contributed by atoms with E-state index in [9.17, 15) is 0 Å². The molecule has 0 amide bonds. The van der Waals surface area contributed by atoms with Crippen LogP contribution in [0.2, 0.25) is 0 Å². The molecule has 0 aliphatic carbocycles. The van der Waals surface area contributed by atoms with E-state index in [1.165, 1.54) is 0 Å². The summed E-state index contributed by atoms with van der Waals surface area (Å²) in [5.41, 5.74) is 3.92. The normalized spacial score (nSPS) is 14.9. The number of nitrogens with zero attached hydrogens (tertiary/aromatic N) is 5. The van der Waals surface area contributed by atoms with Crippen molar-refractivity contribution >= 4 is 24.1 Å². The largest absolute Gasteiger partial charge is 0.352 e. The second-order valence-corrected chi connectivity index (χ2v) is 6.10. The summed E-state index contributed by atoms with van der Waals surface area (Å²) in [5, 5.41) is 10.8. The highest BCUT2D eigenvalue weighted by Crippen LogP contribution is 2.15. The zero-order chi connectivity index (χ0) is 17.5. The van der Waals surface area contributed by atoms with Crippen molar-refractivity contribution in [2.45, 2.75) is 19.9 Å². The quantitative estimate of drug-likeness (QED) is 0.543. The summed E-state index contributed by atoms with van der Waals surface area (Å²) >= 11 is 0. The van der Waals surface area contributed by atoms with E-state index >= 15 is 0 Å². The van der Waals surface area contributed by atoms with Crippen LogP contribution < -0.4 is 21.0 Å². The Morgan fingerprint density at radius 3 is 2.52 bits per heavy atom. The van der Waals surface area contributed by atoms with E-state index in [-0.39, 0.29) is 6.04 Å². The Kier molecular flexibility index (Phi) is 5.73. The first kappa shape index (κ1) is 17.1. The Balaban J connectivity index is 1.77. The third-order valence-electron chi connectivity index (χ3n) is 3.62. The molecule has 2 aromatic rings. The highest BCUT2D eigenvalue weighted by atomic mass is 15.4. The van der Waals surface area contributed by atoms with Crippen LogP contribution in [-0.2, 0) is 0 Å². The van der Waals surface area contributed by atoms with Gasteiger partial charge in [0, 0.05) is 32.2 Å². The van der Waals surface area contributed by atoms with Crippen molar-refractivity contribution in [3.8, 4) is 0 Å². The monoisotopic (exact) mass is 340 g/mol. The lowest BCUT2D eigenvalue weighted by Crippen LogP contribution is -2.44. The minimum Gasteiger partial charge on any atom is -0.352 e. The van der Waals surface area contributed by atoms with E-state index in [1.807, 2.05) is 30.3 Å². The fraction of sp³-hybridized carbons (Fsp3) is 0.412. The van der Waals surface area contributed by atoms with Crippen molar-refractivity contribution < 1.29 is 0 Å². The molecular weight excluding hydrogens is 316 g/mol. The fourth-order valence-corrected chi connectivity index (χ4v) is 2.45. The van der Waals surface area contributed by atoms with Crippen LogP contribution in [0.15, 0.2) is 35.4 Å². The fourth-order valence-electron chi connectivity index (χ4n) is 2.45. The highest BCUT2D eigenvalue weighted by Gasteiger charge is 2.16. The van der Waals surface area contributed by atoms with Gasteiger partial charge in [-0.05, 0) is 19.4 Å². The van der Waals surface area contributed by atoms with Crippen LogP contribution in [0.25, 0.3) is 0 Å². The average Bonchev–Trinajstić information content (AvgIpc) is 2.63. The number of nitrogens with one attached hydrogen (secondary N) is 3. The number of benzene rings is 1. The standard InChI is InChI=1S/C17H24N8/c1-13(2)20-15-21-16(24-19-12-14-6-4-3-5-7-14)23-17(22-15)25-10-8-18-9-11-25/h3-7,12-13,18H,8-11H2,1-2H3,(H2,20,21,22,23,24)/b19-12+. The molecule has 8 nitrogen and oxygen atoms in total. The molecule has 0 radical (unpaired) electrons. The SMILES string of the molecule is CC(C)Nc1nc(N/N=C/c2ccccc2)nc(N2CCNCC2)n1. The summed E-state index contributed by atoms with van der Waals surface area (Å²) in [4.78, 5) is 15.6. The van der Waals surface area contributed by atoms with E-state index in [1.54, 1.807) is 6.21 Å². The molecule has 0 saturated carbocycles. The maximum absolute atomic E-state index is 4.54. The summed E-state index contributed by atoms with van der Waals surface area (Å²) in [5.74, 6) is 1.65. The molecule has 25 heavy (non-hydrogen) atoms. The molecule has 8 heteroatoms. The van der Waals surface area contributed by atoms with Gasteiger partial charge in [-0.25, -0.2) is 5.43 Å². The van der Waals surface area contributed by atoms with Crippen molar-refractivity contribution in [3.63, 3.8) is 0 Å². The van der Waals surface area contributed by atoms with Crippen LogP contribution in [-0.4, -0.2) is 53.4 Å². The summed E-state index contributed by atoms with van der Waals surface area (Å²) in [7, 11) is 0. The van der Waals surface area contributed by atoms with Crippen LogP contribution in [0.1, 0.15) is 19.4 Å². The topological polar surface area (TPSA) is 90.4 Å². The molecule has 1 fully saturated rings. The van der Waals surface area contributed by atoms with E-state index < -0.39 is 0 Å². The Bertz CT molecular complexity index is 695. The minimum atomic E-state index is 0.235. The second-order valence-electron chi connectivity index (χ2n) is 6.10. The Morgan fingerprint density at radius 2 is 1.80 bits per heavy atom. The zero-order valence-corrected chi connectivity index (χ0v) is 14.6. The third kappa shape index (κ3) is 5.12. The zero-order valence-electron chi connectivity index (χ0n) is 14.6. The molecule has 3 rings (SSSR count). The van der Waals surface area contributed by atoms with Gasteiger partial charge in [-0.2, -0.15) is 20.1 Å². The predicted molar refractivity (Wildman–Crippen MR) is 101 cm³/mol. The van der Waals surface area contributed by atoms with Gasteiger partial charge in [0.1, 0.15) is 0 Å². The van der Waals surface area contributed by atoms with Crippen molar-refractivity contribution in [2.75, 3.05) is 41.8 Å². The summed E-state index contributed by atoms with van der Waals surface area (Å²) < 4.78 is 0. The first-order valence-electron chi connectivity index (χ1n) is 8.53. The lowest BCUT2D eigenvalue weighted by atomic mass is 10.2. The molecule has 1 aromatic carbocycles. The molecule has 1 aromatic heterocycles. The number of hydrogen-bond donors (Lipinski definition) is 3. The number of hydrogen-bond acceptors (Lipinski definition) is 8. The number of rotatable bonds is 6. The van der Waals surface area contributed by atoms with E-state index in [2.05, 4.69) is 54.9 Å². The van der Waals surface area contributed by atoms with Gasteiger partial charge in [-0.3, -0.25) is 0 Å². The number of anilines is 3. The van der Waals surface area contributed by atoms with Crippen molar-refractivity contribution in [1.29, 1.82) is 0 Å². The molecule has 2 heterocycles. The molecule has 0 unspecified atom stereocenters. The van der Waals surface area contributed by atoms with Crippen molar-refractivity contribution in [2.24, 2.45) is 5.10 Å². The number of piperazine rings is 1.